The first kappa shape index (κ1) is 15.5. The number of aliphatic hydroxyl groups is 1. The fraction of sp³-hybridized carbons (Fsp3) is 0.800. The van der Waals surface area contributed by atoms with E-state index in [1.165, 1.54) is 11.3 Å². The van der Waals surface area contributed by atoms with Crippen LogP contribution in [0, 0.1) is 13.8 Å². The number of likely N-dealkylation sites (tertiary alicyclic amines) is 1. The predicted octanol–water partition coefficient (Wildman–Crippen LogP) is 0.925. The SMILES string of the molecule is Cc1nn(C)c(C)c1CN(C)C[C@]1(O)CCCN(C)C1. The highest BCUT2D eigenvalue weighted by Crippen LogP contribution is 2.22. The van der Waals surface area contributed by atoms with Gasteiger partial charge in [0, 0.05) is 37.9 Å². The van der Waals surface area contributed by atoms with E-state index in [2.05, 4.69) is 42.8 Å². The molecule has 5 nitrogen and oxygen atoms in total. The van der Waals surface area contributed by atoms with Gasteiger partial charge < -0.3 is 10.0 Å². The molecule has 1 aliphatic rings. The number of nitrogens with zero attached hydrogens (tertiary/aromatic N) is 4. The number of β-amino-alcohol motifs (C(OH)–C–C–N with tert-alkyl or cyclic N) is 1. The summed E-state index contributed by atoms with van der Waals surface area (Å²) in [5.41, 5.74) is 3.00. The minimum atomic E-state index is -0.578. The Kier molecular flexibility index (Phi) is 4.52. The van der Waals surface area contributed by atoms with Gasteiger partial charge in [-0.2, -0.15) is 5.10 Å². The van der Waals surface area contributed by atoms with Crippen LogP contribution < -0.4 is 0 Å². The molecule has 0 saturated carbocycles. The van der Waals surface area contributed by atoms with E-state index in [0.29, 0.717) is 6.54 Å². The van der Waals surface area contributed by atoms with Crippen molar-refractivity contribution in [1.29, 1.82) is 0 Å². The van der Waals surface area contributed by atoms with Crippen LogP contribution in [0.25, 0.3) is 0 Å². The molecule has 20 heavy (non-hydrogen) atoms. The number of rotatable bonds is 4. The minimum absolute atomic E-state index is 0.578. The number of aromatic nitrogens is 2. The fourth-order valence-corrected chi connectivity index (χ4v) is 3.34. The lowest BCUT2D eigenvalue weighted by Crippen LogP contribution is -2.52. The largest absolute Gasteiger partial charge is 0.387 e. The molecule has 1 N–H and O–H groups in total. The monoisotopic (exact) mass is 280 g/mol. The van der Waals surface area contributed by atoms with Crippen molar-refractivity contribution in [3.05, 3.63) is 17.0 Å². The van der Waals surface area contributed by atoms with Crippen molar-refractivity contribution >= 4 is 0 Å². The Morgan fingerprint density at radius 3 is 2.60 bits per heavy atom. The number of hydrogen-bond donors (Lipinski definition) is 1. The van der Waals surface area contributed by atoms with Gasteiger partial charge in [0.25, 0.3) is 0 Å². The zero-order valence-corrected chi connectivity index (χ0v) is 13.5. The van der Waals surface area contributed by atoms with Crippen molar-refractivity contribution in [3.8, 4) is 0 Å². The van der Waals surface area contributed by atoms with Crippen LogP contribution in [0.4, 0.5) is 0 Å². The molecule has 1 atom stereocenters. The molecule has 1 aromatic rings. The first-order valence-electron chi connectivity index (χ1n) is 7.39. The van der Waals surface area contributed by atoms with Crippen molar-refractivity contribution in [2.24, 2.45) is 7.05 Å². The third-order valence-corrected chi connectivity index (χ3v) is 4.40. The van der Waals surface area contributed by atoms with Gasteiger partial charge in [-0.15, -0.1) is 0 Å². The number of aryl methyl sites for hydroxylation is 2. The molecule has 0 aromatic carbocycles. The van der Waals surface area contributed by atoms with Crippen molar-refractivity contribution < 1.29 is 5.11 Å². The molecule has 2 heterocycles. The molecule has 0 amide bonds. The Morgan fingerprint density at radius 2 is 2.05 bits per heavy atom. The van der Waals surface area contributed by atoms with E-state index in [0.717, 1.165) is 38.2 Å². The Morgan fingerprint density at radius 1 is 1.35 bits per heavy atom. The second-order valence-corrected chi connectivity index (χ2v) is 6.51. The van der Waals surface area contributed by atoms with Crippen molar-refractivity contribution in [2.45, 2.75) is 38.8 Å². The summed E-state index contributed by atoms with van der Waals surface area (Å²) in [5.74, 6) is 0. The molecular formula is C15H28N4O. The molecule has 1 aromatic heterocycles. The quantitative estimate of drug-likeness (QED) is 0.891. The Bertz CT molecular complexity index is 471. The van der Waals surface area contributed by atoms with Crippen molar-refractivity contribution in [2.75, 3.05) is 33.7 Å². The second-order valence-electron chi connectivity index (χ2n) is 6.51. The van der Waals surface area contributed by atoms with E-state index in [9.17, 15) is 5.11 Å². The first-order valence-corrected chi connectivity index (χ1v) is 7.39. The summed E-state index contributed by atoms with van der Waals surface area (Å²) < 4.78 is 1.93. The van der Waals surface area contributed by atoms with E-state index in [4.69, 9.17) is 0 Å². The molecular weight excluding hydrogens is 252 g/mol. The van der Waals surface area contributed by atoms with Crippen LogP contribution in [0.3, 0.4) is 0 Å². The summed E-state index contributed by atoms with van der Waals surface area (Å²) >= 11 is 0. The van der Waals surface area contributed by atoms with Gasteiger partial charge in [-0.25, -0.2) is 0 Å². The highest BCUT2D eigenvalue weighted by molar-refractivity contribution is 5.24. The molecule has 0 radical (unpaired) electrons. The third kappa shape index (κ3) is 3.40. The van der Waals surface area contributed by atoms with Crippen LogP contribution in [0.5, 0.6) is 0 Å². The summed E-state index contributed by atoms with van der Waals surface area (Å²) in [4.78, 5) is 4.44. The first-order chi connectivity index (χ1) is 9.31. The highest BCUT2D eigenvalue weighted by atomic mass is 16.3. The topological polar surface area (TPSA) is 44.5 Å². The van der Waals surface area contributed by atoms with Gasteiger partial charge in [0.05, 0.1) is 11.3 Å². The van der Waals surface area contributed by atoms with Gasteiger partial charge in [0.15, 0.2) is 0 Å². The average molecular weight is 280 g/mol. The molecule has 1 aliphatic heterocycles. The Hall–Kier alpha value is -0.910. The normalized spacial score (nSPS) is 24.6. The number of likely N-dealkylation sites (N-methyl/N-ethyl adjacent to an activating group) is 2. The molecule has 1 fully saturated rings. The summed E-state index contributed by atoms with van der Waals surface area (Å²) in [6.45, 7) is 7.57. The zero-order chi connectivity index (χ0) is 14.9. The predicted molar refractivity (Wildman–Crippen MR) is 80.7 cm³/mol. The second kappa shape index (κ2) is 5.84. The van der Waals surface area contributed by atoms with Gasteiger partial charge >= 0.3 is 0 Å². The van der Waals surface area contributed by atoms with E-state index in [1.807, 2.05) is 11.7 Å². The van der Waals surface area contributed by atoms with Gasteiger partial charge in [-0.1, -0.05) is 0 Å². The highest BCUT2D eigenvalue weighted by Gasteiger charge is 2.33. The van der Waals surface area contributed by atoms with Gasteiger partial charge in [-0.3, -0.25) is 9.58 Å². The summed E-state index contributed by atoms with van der Waals surface area (Å²) in [6, 6.07) is 0. The lowest BCUT2D eigenvalue weighted by Gasteiger charge is -2.39. The zero-order valence-electron chi connectivity index (χ0n) is 13.5. The minimum Gasteiger partial charge on any atom is -0.387 e. The van der Waals surface area contributed by atoms with Crippen LogP contribution >= 0.6 is 0 Å². The van der Waals surface area contributed by atoms with E-state index >= 15 is 0 Å². The maximum absolute atomic E-state index is 10.7. The smallest absolute Gasteiger partial charge is 0.0900 e. The molecule has 114 valence electrons. The van der Waals surface area contributed by atoms with Crippen molar-refractivity contribution in [1.82, 2.24) is 19.6 Å². The van der Waals surface area contributed by atoms with Crippen LogP contribution in [-0.2, 0) is 13.6 Å². The van der Waals surface area contributed by atoms with Gasteiger partial charge in [0.2, 0.25) is 0 Å². The molecule has 0 unspecified atom stereocenters. The number of piperidine rings is 1. The summed E-state index contributed by atoms with van der Waals surface area (Å²) in [5, 5.41) is 15.2. The number of hydrogen-bond acceptors (Lipinski definition) is 4. The maximum atomic E-state index is 10.7. The van der Waals surface area contributed by atoms with Crippen LogP contribution in [-0.4, -0.2) is 64.0 Å². The van der Waals surface area contributed by atoms with E-state index < -0.39 is 5.60 Å². The lowest BCUT2D eigenvalue weighted by molar-refractivity contribution is -0.0441. The molecule has 0 aliphatic carbocycles. The summed E-state index contributed by atoms with van der Waals surface area (Å²) in [7, 11) is 6.15. The fourth-order valence-electron chi connectivity index (χ4n) is 3.34. The lowest BCUT2D eigenvalue weighted by atomic mass is 9.92. The molecule has 0 bridgehead atoms. The maximum Gasteiger partial charge on any atom is 0.0900 e. The molecule has 0 spiro atoms. The summed E-state index contributed by atoms with van der Waals surface area (Å²) in [6.07, 6.45) is 1.97. The molecule has 5 heteroatoms. The average Bonchev–Trinajstić information content (AvgIpc) is 2.55. The van der Waals surface area contributed by atoms with Crippen LogP contribution in [0.15, 0.2) is 0 Å². The van der Waals surface area contributed by atoms with Gasteiger partial charge in [-0.05, 0) is 47.3 Å². The van der Waals surface area contributed by atoms with Gasteiger partial charge in [0.1, 0.15) is 0 Å². The van der Waals surface area contributed by atoms with E-state index in [-0.39, 0.29) is 0 Å². The van der Waals surface area contributed by atoms with Crippen LogP contribution in [0.1, 0.15) is 29.8 Å². The molecule has 1 saturated heterocycles. The van der Waals surface area contributed by atoms with Crippen LogP contribution in [0.2, 0.25) is 0 Å². The van der Waals surface area contributed by atoms with Crippen molar-refractivity contribution in [3.63, 3.8) is 0 Å². The standard InChI is InChI=1S/C15H28N4O/c1-12-14(13(2)19(5)16-12)9-18(4)11-15(20)7-6-8-17(3)10-15/h20H,6-11H2,1-5H3/t15-/m0/s1. The molecule has 2 rings (SSSR count). The Balaban J connectivity index is 2.00. The Labute approximate surface area is 122 Å². The third-order valence-electron chi connectivity index (χ3n) is 4.40. The van der Waals surface area contributed by atoms with E-state index in [1.54, 1.807) is 0 Å².